The molecule has 1 aliphatic heterocycles. The van der Waals surface area contributed by atoms with E-state index in [0.717, 1.165) is 4.47 Å². The summed E-state index contributed by atoms with van der Waals surface area (Å²) in [7, 11) is 0. The van der Waals surface area contributed by atoms with Crippen LogP contribution < -0.4 is 4.74 Å². The first-order valence-corrected chi connectivity index (χ1v) is 7.99. The van der Waals surface area contributed by atoms with Gasteiger partial charge in [0.2, 0.25) is 0 Å². The number of amides is 1. The highest BCUT2D eigenvalue weighted by Crippen LogP contribution is 2.26. The summed E-state index contributed by atoms with van der Waals surface area (Å²) >= 11 is 10.9. The number of likely N-dealkylation sites (tertiary alicyclic amines) is 1. The SMILES string of the molecule is O=C(c1cc(Br)ccc1Cl)N1CC(Oc2nccs2)C1. The molecule has 0 spiro atoms. The van der Waals surface area contributed by atoms with E-state index in [0.29, 0.717) is 28.9 Å². The molecule has 0 aliphatic carbocycles. The highest BCUT2D eigenvalue weighted by molar-refractivity contribution is 9.10. The monoisotopic (exact) mass is 372 g/mol. The topological polar surface area (TPSA) is 42.4 Å². The van der Waals surface area contributed by atoms with Gasteiger partial charge in [0.25, 0.3) is 11.1 Å². The van der Waals surface area contributed by atoms with E-state index in [1.807, 2.05) is 11.4 Å². The standard InChI is InChI=1S/C13H10BrClN2O2S/c14-8-1-2-11(15)10(5-8)12(18)17-6-9(7-17)19-13-16-3-4-20-13/h1-5,9H,6-7H2. The molecule has 4 nitrogen and oxygen atoms in total. The molecule has 0 radical (unpaired) electrons. The molecule has 3 rings (SSSR count). The lowest BCUT2D eigenvalue weighted by atomic mass is 10.1. The highest BCUT2D eigenvalue weighted by Gasteiger charge is 2.34. The van der Waals surface area contributed by atoms with Gasteiger partial charge in [-0.3, -0.25) is 4.79 Å². The Hall–Kier alpha value is -1.11. The summed E-state index contributed by atoms with van der Waals surface area (Å²) in [5, 5.41) is 2.96. The second-order valence-electron chi connectivity index (χ2n) is 4.37. The minimum absolute atomic E-state index is 0.0102. The van der Waals surface area contributed by atoms with Crippen LogP contribution in [0.5, 0.6) is 5.19 Å². The first-order valence-electron chi connectivity index (χ1n) is 5.94. The fraction of sp³-hybridized carbons (Fsp3) is 0.231. The fourth-order valence-corrected chi connectivity index (χ4v) is 3.03. The Labute approximate surface area is 133 Å². The lowest BCUT2D eigenvalue weighted by molar-refractivity contribution is 0.0177. The molecule has 20 heavy (non-hydrogen) atoms. The highest BCUT2D eigenvalue weighted by atomic mass is 79.9. The smallest absolute Gasteiger partial charge is 0.273 e. The molecule has 1 aliphatic rings. The van der Waals surface area contributed by atoms with Gasteiger partial charge in [-0.05, 0) is 18.2 Å². The molecule has 2 heterocycles. The number of aromatic nitrogens is 1. The van der Waals surface area contributed by atoms with Crippen molar-refractivity contribution < 1.29 is 9.53 Å². The van der Waals surface area contributed by atoms with Crippen molar-refractivity contribution in [3.05, 3.63) is 44.8 Å². The third kappa shape index (κ3) is 2.82. The summed E-state index contributed by atoms with van der Waals surface area (Å²) < 4.78 is 6.47. The van der Waals surface area contributed by atoms with Gasteiger partial charge in [-0.15, -0.1) is 0 Å². The predicted molar refractivity (Wildman–Crippen MR) is 81.6 cm³/mol. The van der Waals surface area contributed by atoms with Gasteiger partial charge in [0.15, 0.2) is 0 Å². The van der Waals surface area contributed by atoms with E-state index in [2.05, 4.69) is 20.9 Å². The maximum absolute atomic E-state index is 12.3. The summed E-state index contributed by atoms with van der Waals surface area (Å²) in [5.74, 6) is -0.0738. The van der Waals surface area contributed by atoms with E-state index in [-0.39, 0.29) is 12.0 Å². The molecule has 7 heteroatoms. The van der Waals surface area contributed by atoms with Gasteiger partial charge < -0.3 is 9.64 Å². The van der Waals surface area contributed by atoms with Crippen molar-refractivity contribution in [2.75, 3.05) is 13.1 Å². The number of nitrogens with zero attached hydrogens (tertiary/aromatic N) is 2. The van der Waals surface area contributed by atoms with Gasteiger partial charge in [-0.2, -0.15) is 0 Å². The van der Waals surface area contributed by atoms with Crippen LogP contribution in [0.3, 0.4) is 0 Å². The Morgan fingerprint density at radius 2 is 2.30 bits per heavy atom. The lowest BCUT2D eigenvalue weighted by Crippen LogP contribution is -2.56. The summed E-state index contributed by atoms with van der Waals surface area (Å²) in [4.78, 5) is 18.1. The van der Waals surface area contributed by atoms with E-state index < -0.39 is 0 Å². The molecule has 1 fully saturated rings. The van der Waals surface area contributed by atoms with Gasteiger partial charge in [0, 0.05) is 16.0 Å². The second kappa shape index (κ2) is 5.71. The first-order chi connectivity index (χ1) is 9.63. The van der Waals surface area contributed by atoms with Gasteiger partial charge in [0.1, 0.15) is 6.10 Å². The number of carbonyl (C=O) groups excluding carboxylic acids is 1. The summed E-state index contributed by atoms with van der Waals surface area (Å²) in [5.41, 5.74) is 0.508. The van der Waals surface area contributed by atoms with Crippen LogP contribution in [0.2, 0.25) is 5.02 Å². The Morgan fingerprint density at radius 1 is 1.50 bits per heavy atom. The molecule has 0 atom stereocenters. The van der Waals surface area contributed by atoms with E-state index in [9.17, 15) is 4.79 Å². The zero-order valence-corrected chi connectivity index (χ0v) is 13.4. The lowest BCUT2D eigenvalue weighted by Gasteiger charge is -2.38. The average molecular weight is 374 g/mol. The van der Waals surface area contributed by atoms with Crippen LogP contribution in [-0.4, -0.2) is 35.0 Å². The largest absolute Gasteiger partial charge is 0.463 e. The molecule has 0 saturated carbocycles. The second-order valence-corrected chi connectivity index (χ2v) is 6.55. The van der Waals surface area contributed by atoms with Crippen LogP contribution >= 0.6 is 38.9 Å². The molecule has 0 unspecified atom stereocenters. The van der Waals surface area contributed by atoms with E-state index in [1.54, 1.807) is 23.2 Å². The third-order valence-corrected chi connectivity index (χ3v) is 4.46. The van der Waals surface area contributed by atoms with Crippen LogP contribution in [0.4, 0.5) is 0 Å². The zero-order valence-electron chi connectivity index (χ0n) is 10.3. The first kappa shape index (κ1) is 13.9. The van der Waals surface area contributed by atoms with Gasteiger partial charge in [-0.1, -0.05) is 38.9 Å². The number of hydrogen-bond acceptors (Lipinski definition) is 4. The number of benzene rings is 1. The van der Waals surface area contributed by atoms with Crippen molar-refractivity contribution >= 4 is 44.8 Å². The van der Waals surface area contributed by atoms with Gasteiger partial charge in [-0.25, -0.2) is 4.98 Å². The number of rotatable bonds is 3. The molecule has 0 bridgehead atoms. The van der Waals surface area contributed by atoms with Crippen molar-refractivity contribution in [3.63, 3.8) is 0 Å². The number of carbonyl (C=O) groups is 1. The maximum Gasteiger partial charge on any atom is 0.273 e. The predicted octanol–water partition coefficient (Wildman–Crippen LogP) is 3.46. The normalized spacial score (nSPS) is 15.0. The van der Waals surface area contributed by atoms with Crippen molar-refractivity contribution in [1.29, 1.82) is 0 Å². The minimum atomic E-state index is -0.0738. The zero-order chi connectivity index (χ0) is 14.1. The number of hydrogen-bond donors (Lipinski definition) is 0. The van der Waals surface area contributed by atoms with Crippen LogP contribution in [0.15, 0.2) is 34.2 Å². The van der Waals surface area contributed by atoms with E-state index in [4.69, 9.17) is 16.3 Å². The number of halogens is 2. The van der Waals surface area contributed by atoms with Crippen LogP contribution in [-0.2, 0) is 0 Å². The van der Waals surface area contributed by atoms with Gasteiger partial charge in [0.05, 0.1) is 23.7 Å². The van der Waals surface area contributed by atoms with E-state index >= 15 is 0 Å². The van der Waals surface area contributed by atoms with Gasteiger partial charge >= 0.3 is 0 Å². The van der Waals surface area contributed by atoms with Crippen molar-refractivity contribution in [2.24, 2.45) is 0 Å². The summed E-state index contributed by atoms with van der Waals surface area (Å²) in [6.45, 7) is 1.11. The molecule has 1 saturated heterocycles. The molecular formula is C13H10BrClN2O2S. The Bertz CT molecular complexity index is 629. The van der Waals surface area contributed by atoms with E-state index in [1.165, 1.54) is 11.3 Å². The maximum atomic E-state index is 12.3. The molecule has 2 aromatic rings. The van der Waals surface area contributed by atoms with Crippen molar-refractivity contribution in [2.45, 2.75) is 6.10 Å². The van der Waals surface area contributed by atoms with Crippen molar-refractivity contribution in [3.8, 4) is 5.19 Å². The minimum Gasteiger partial charge on any atom is -0.463 e. The third-order valence-electron chi connectivity index (χ3n) is 2.97. The summed E-state index contributed by atoms with van der Waals surface area (Å²) in [6, 6.07) is 5.26. The Balaban J connectivity index is 1.62. The Morgan fingerprint density at radius 3 is 3.00 bits per heavy atom. The van der Waals surface area contributed by atoms with Crippen LogP contribution in [0.1, 0.15) is 10.4 Å². The quantitative estimate of drug-likeness (QED) is 0.827. The number of ether oxygens (including phenoxy) is 1. The fourth-order valence-electron chi connectivity index (χ4n) is 1.92. The Kier molecular flexibility index (Phi) is 3.96. The number of thiazole rings is 1. The van der Waals surface area contributed by atoms with Crippen LogP contribution in [0, 0.1) is 0 Å². The molecule has 0 N–H and O–H groups in total. The molecule has 1 aromatic heterocycles. The molecule has 1 aromatic carbocycles. The molecule has 104 valence electrons. The van der Waals surface area contributed by atoms with Crippen molar-refractivity contribution in [1.82, 2.24) is 9.88 Å². The average Bonchev–Trinajstić information content (AvgIpc) is 2.88. The van der Waals surface area contributed by atoms with Crippen LogP contribution in [0.25, 0.3) is 0 Å². The molecular weight excluding hydrogens is 364 g/mol. The summed E-state index contributed by atoms with van der Waals surface area (Å²) in [6.07, 6.45) is 1.71. The molecule has 1 amide bonds.